The zero-order valence-electron chi connectivity index (χ0n) is 19.2. The number of carbonyl (C=O) groups is 3. The van der Waals surface area contributed by atoms with Crippen molar-refractivity contribution >= 4 is 52.3 Å². The Morgan fingerprint density at radius 3 is 2.53 bits per heavy atom. The van der Waals surface area contributed by atoms with Gasteiger partial charge in [-0.25, -0.2) is 9.59 Å². The summed E-state index contributed by atoms with van der Waals surface area (Å²) in [5.41, 5.74) is 2.55. The predicted octanol–water partition coefficient (Wildman–Crippen LogP) is 3.83. The van der Waals surface area contributed by atoms with E-state index in [1.165, 1.54) is 18.5 Å². The van der Waals surface area contributed by atoms with Crippen molar-refractivity contribution in [3.05, 3.63) is 76.9 Å². The number of benzene rings is 2. The number of carbonyl (C=O) groups excluding carboxylic acids is 3. The molecule has 0 bridgehead atoms. The molecule has 36 heavy (non-hydrogen) atoms. The summed E-state index contributed by atoms with van der Waals surface area (Å²) in [6, 6.07) is 11.8. The van der Waals surface area contributed by atoms with Crippen LogP contribution in [0.5, 0.6) is 0 Å². The SMILES string of the molecule is Cc1cc(N2CCOCC2=O)ccc1NC(=O)Nc1cn(O)ccc1=NC(=O)Nc1ccc(Cl)cc1. The summed E-state index contributed by atoms with van der Waals surface area (Å²) < 4.78 is 5.89. The molecule has 0 atom stereocenters. The first-order valence-corrected chi connectivity index (χ1v) is 11.3. The van der Waals surface area contributed by atoms with Gasteiger partial charge in [-0.2, -0.15) is 9.72 Å². The molecule has 11 nitrogen and oxygen atoms in total. The van der Waals surface area contributed by atoms with Crippen LogP contribution in [-0.2, 0) is 9.53 Å². The third-order valence-corrected chi connectivity index (χ3v) is 5.50. The summed E-state index contributed by atoms with van der Waals surface area (Å²) in [6.45, 7) is 2.75. The highest BCUT2D eigenvalue weighted by atomic mass is 35.5. The number of aromatic nitrogens is 1. The lowest BCUT2D eigenvalue weighted by Gasteiger charge is -2.27. The van der Waals surface area contributed by atoms with Crippen molar-refractivity contribution in [2.45, 2.75) is 6.92 Å². The smallest absolute Gasteiger partial charge is 0.345 e. The number of pyridine rings is 1. The van der Waals surface area contributed by atoms with E-state index in [-0.39, 0.29) is 23.6 Å². The highest BCUT2D eigenvalue weighted by molar-refractivity contribution is 6.30. The van der Waals surface area contributed by atoms with Gasteiger partial charge in [0.2, 0.25) is 0 Å². The zero-order chi connectivity index (χ0) is 25.7. The van der Waals surface area contributed by atoms with Crippen molar-refractivity contribution in [1.29, 1.82) is 0 Å². The Hall–Kier alpha value is -4.35. The fraction of sp³-hybridized carbons (Fsp3) is 0.167. The Balaban J connectivity index is 1.47. The Kier molecular flexibility index (Phi) is 7.52. The number of anilines is 4. The number of urea groups is 2. The van der Waals surface area contributed by atoms with Gasteiger partial charge in [-0.05, 0) is 61.0 Å². The molecular weight excluding hydrogens is 488 g/mol. The Labute approximate surface area is 210 Å². The van der Waals surface area contributed by atoms with E-state index in [0.717, 1.165) is 10.3 Å². The molecule has 5 amide bonds. The maximum Gasteiger partial charge on any atom is 0.345 e. The Morgan fingerprint density at radius 2 is 1.81 bits per heavy atom. The van der Waals surface area contributed by atoms with Crippen molar-refractivity contribution in [2.75, 3.05) is 40.6 Å². The molecule has 186 valence electrons. The quantitative estimate of drug-likeness (QED) is 0.395. The van der Waals surface area contributed by atoms with Crippen LogP contribution in [0.3, 0.4) is 0 Å². The molecule has 1 aromatic heterocycles. The van der Waals surface area contributed by atoms with Gasteiger partial charge in [-0.15, -0.1) is 0 Å². The van der Waals surface area contributed by atoms with E-state index < -0.39 is 12.1 Å². The van der Waals surface area contributed by atoms with Gasteiger partial charge in [0.25, 0.3) is 5.91 Å². The van der Waals surface area contributed by atoms with Crippen molar-refractivity contribution in [1.82, 2.24) is 4.73 Å². The van der Waals surface area contributed by atoms with Crippen molar-refractivity contribution < 1.29 is 24.3 Å². The molecule has 3 aromatic rings. The zero-order valence-corrected chi connectivity index (χ0v) is 20.0. The second kappa shape index (κ2) is 10.9. The molecule has 0 saturated carbocycles. The molecule has 0 spiro atoms. The topological polar surface area (TPSA) is 137 Å². The first-order chi connectivity index (χ1) is 17.3. The third kappa shape index (κ3) is 6.20. The van der Waals surface area contributed by atoms with Gasteiger partial charge in [0, 0.05) is 34.8 Å². The first-order valence-electron chi connectivity index (χ1n) is 10.9. The number of amides is 5. The van der Waals surface area contributed by atoms with E-state index in [2.05, 4.69) is 20.9 Å². The fourth-order valence-electron chi connectivity index (χ4n) is 3.49. The molecule has 1 fully saturated rings. The standard InChI is InChI=1S/C24H23ClN6O5/c1-15-12-18(31-10-11-36-14-22(31)32)6-7-19(15)27-24(34)29-21-13-30(35)9-8-20(21)28-23(33)26-17-4-2-16(25)3-5-17/h2-9,12-13,35H,10-11,14H2,1H3,(H,26,33)(H2,27,29,34). The average molecular weight is 511 g/mol. The predicted molar refractivity (Wildman–Crippen MR) is 135 cm³/mol. The summed E-state index contributed by atoms with van der Waals surface area (Å²) in [6.07, 6.45) is 2.47. The maximum atomic E-state index is 12.7. The minimum absolute atomic E-state index is 0.0362. The molecule has 0 radical (unpaired) electrons. The largest absolute Gasteiger partial charge is 0.429 e. The first kappa shape index (κ1) is 24.8. The van der Waals surface area contributed by atoms with Gasteiger partial charge in [0.1, 0.15) is 6.61 Å². The highest BCUT2D eigenvalue weighted by Gasteiger charge is 2.20. The van der Waals surface area contributed by atoms with Crippen LogP contribution in [0.25, 0.3) is 0 Å². The van der Waals surface area contributed by atoms with E-state index in [1.54, 1.807) is 54.3 Å². The summed E-state index contributed by atoms with van der Waals surface area (Å²) in [7, 11) is 0. The second-order valence-corrected chi connectivity index (χ2v) is 8.29. The highest BCUT2D eigenvalue weighted by Crippen LogP contribution is 2.24. The molecule has 2 aromatic carbocycles. The Morgan fingerprint density at radius 1 is 1.06 bits per heavy atom. The number of hydrogen-bond donors (Lipinski definition) is 4. The molecule has 2 heterocycles. The van der Waals surface area contributed by atoms with Gasteiger partial charge < -0.3 is 30.8 Å². The number of aryl methyl sites for hydroxylation is 1. The number of ether oxygens (including phenoxy) is 1. The summed E-state index contributed by atoms with van der Waals surface area (Å²) in [5.74, 6) is -0.128. The Bertz CT molecular complexity index is 1370. The minimum Gasteiger partial charge on any atom is -0.429 e. The summed E-state index contributed by atoms with van der Waals surface area (Å²) >= 11 is 5.85. The van der Waals surface area contributed by atoms with Gasteiger partial charge in [-0.1, -0.05) is 11.6 Å². The summed E-state index contributed by atoms with van der Waals surface area (Å²) in [4.78, 5) is 42.7. The molecule has 0 aliphatic carbocycles. The molecule has 1 saturated heterocycles. The normalized spacial score (nSPS) is 13.9. The second-order valence-electron chi connectivity index (χ2n) is 7.85. The van der Waals surface area contributed by atoms with Gasteiger partial charge in [0.15, 0.2) is 0 Å². The van der Waals surface area contributed by atoms with E-state index in [0.29, 0.717) is 35.2 Å². The number of nitrogens with zero attached hydrogens (tertiary/aromatic N) is 3. The van der Waals surface area contributed by atoms with Crippen LogP contribution < -0.4 is 26.2 Å². The van der Waals surface area contributed by atoms with Crippen LogP contribution in [0.1, 0.15) is 5.56 Å². The molecule has 12 heteroatoms. The van der Waals surface area contributed by atoms with Crippen LogP contribution >= 0.6 is 11.6 Å². The number of morpholine rings is 1. The van der Waals surface area contributed by atoms with Crippen LogP contribution in [0.4, 0.5) is 32.3 Å². The van der Waals surface area contributed by atoms with E-state index >= 15 is 0 Å². The number of hydrogen-bond acceptors (Lipinski definition) is 5. The van der Waals surface area contributed by atoms with Crippen LogP contribution in [0, 0.1) is 6.92 Å². The van der Waals surface area contributed by atoms with Gasteiger partial charge >= 0.3 is 12.1 Å². The lowest BCUT2D eigenvalue weighted by atomic mass is 10.1. The number of nitrogens with one attached hydrogen (secondary N) is 3. The van der Waals surface area contributed by atoms with Gasteiger partial charge in [0.05, 0.1) is 23.8 Å². The van der Waals surface area contributed by atoms with Crippen LogP contribution in [0.2, 0.25) is 5.02 Å². The van der Waals surface area contributed by atoms with E-state index in [9.17, 15) is 19.6 Å². The lowest BCUT2D eigenvalue weighted by molar-refractivity contribution is -0.125. The number of rotatable bonds is 4. The molecule has 1 aliphatic heterocycles. The van der Waals surface area contributed by atoms with E-state index in [1.807, 2.05) is 0 Å². The van der Waals surface area contributed by atoms with Crippen molar-refractivity contribution in [3.8, 4) is 0 Å². The maximum absolute atomic E-state index is 12.7. The monoisotopic (exact) mass is 510 g/mol. The lowest BCUT2D eigenvalue weighted by Crippen LogP contribution is -2.41. The molecule has 4 rings (SSSR count). The minimum atomic E-state index is -0.680. The van der Waals surface area contributed by atoms with Crippen molar-refractivity contribution in [3.63, 3.8) is 0 Å². The van der Waals surface area contributed by atoms with Crippen molar-refractivity contribution in [2.24, 2.45) is 4.99 Å². The summed E-state index contributed by atoms with van der Waals surface area (Å²) in [5, 5.41) is 18.4. The fourth-order valence-corrected chi connectivity index (χ4v) is 3.61. The number of halogens is 1. The van der Waals surface area contributed by atoms with Crippen LogP contribution in [0.15, 0.2) is 65.9 Å². The van der Waals surface area contributed by atoms with Crippen LogP contribution in [-0.4, -0.2) is 47.7 Å². The molecule has 0 unspecified atom stereocenters. The molecule has 4 N–H and O–H groups in total. The molecular formula is C24H23ClN6O5. The molecule has 1 aliphatic rings. The van der Waals surface area contributed by atoms with E-state index in [4.69, 9.17) is 16.3 Å². The average Bonchev–Trinajstić information content (AvgIpc) is 2.84. The van der Waals surface area contributed by atoms with Gasteiger partial charge in [-0.3, -0.25) is 4.79 Å². The third-order valence-electron chi connectivity index (χ3n) is 5.24.